The van der Waals surface area contributed by atoms with E-state index in [1.54, 1.807) is 0 Å². The van der Waals surface area contributed by atoms with E-state index >= 15 is 0 Å². The van der Waals surface area contributed by atoms with Crippen molar-refractivity contribution in [2.24, 2.45) is 0 Å². The summed E-state index contributed by atoms with van der Waals surface area (Å²) in [4.78, 5) is 1.51. The fourth-order valence-electron chi connectivity index (χ4n) is 0.797. The summed E-state index contributed by atoms with van der Waals surface area (Å²) in [6.45, 7) is 8.40. The molecule has 0 spiro atoms. The molecule has 1 heterocycles. The van der Waals surface area contributed by atoms with Crippen molar-refractivity contribution >= 4 is 11.3 Å². The van der Waals surface area contributed by atoms with Gasteiger partial charge in [0.1, 0.15) is 0 Å². The van der Waals surface area contributed by atoms with Crippen LogP contribution in [0.15, 0.2) is 11.4 Å². The van der Waals surface area contributed by atoms with Crippen LogP contribution in [0.2, 0.25) is 0 Å². The lowest BCUT2D eigenvalue weighted by molar-refractivity contribution is 1.13. The first-order valence-electron chi connectivity index (χ1n) is 4.43. The highest BCUT2D eigenvalue weighted by molar-refractivity contribution is 7.10. The predicted octanol–water partition coefficient (Wildman–Crippen LogP) is 3.90. The zero-order chi connectivity index (χ0) is 8.69. The van der Waals surface area contributed by atoms with Gasteiger partial charge in [0, 0.05) is 4.88 Å². The molecule has 0 amide bonds. The van der Waals surface area contributed by atoms with E-state index in [9.17, 15) is 0 Å². The second-order valence-corrected chi connectivity index (χ2v) is 3.12. The smallest absolute Gasteiger partial charge is 0.00453 e. The van der Waals surface area contributed by atoms with Gasteiger partial charge in [0.05, 0.1) is 0 Å². The van der Waals surface area contributed by atoms with E-state index in [2.05, 4.69) is 25.3 Å². The minimum Gasteiger partial charge on any atom is -0.149 e. The summed E-state index contributed by atoms with van der Waals surface area (Å²) in [5.41, 5.74) is 1.48. The minimum atomic E-state index is 1.18. The van der Waals surface area contributed by atoms with Crippen molar-refractivity contribution in [1.82, 2.24) is 0 Å². The maximum absolute atomic E-state index is 2.30. The van der Waals surface area contributed by atoms with E-state index in [4.69, 9.17) is 0 Å². The van der Waals surface area contributed by atoms with Gasteiger partial charge in [-0.2, -0.15) is 0 Å². The molecule has 0 aromatic carbocycles. The van der Waals surface area contributed by atoms with E-state index < -0.39 is 0 Å². The zero-order valence-electron chi connectivity index (χ0n) is 7.98. The molecule has 0 atom stereocenters. The average Bonchev–Trinajstić information content (AvgIpc) is 2.55. The Morgan fingerprint density at radius 1 is 1.18 bits per heavy atom. The molecule has 1 rings (SSSR count). The first-order valence-corrected chi connectivity index (χ1v) is 5.31. The van der Waals surface area contributed by atoms with Crippen LogP contribution in [0.3, 0.4) is 0 Å². The summed E-state index contributed by atoms with van der Waals surface area (Å²) in [6, 6.07) is 2.30. The van der Waals surface area contributed by atoms with Crippen LogP contribution in [0.1, 0.15) is 38.1 Å². The Morgan fingerprint density at radius 2 is 1.82 bits per heavy atom. The molecule has 1 aromatic rings. The lowest BCUT2D eigenvalue weighted by atomic mass is 10.2. The van der Waals surface area contributed by atoms with Crippen LogP contribution in [0.5, 0.6) is 0 Å². The van der Waals surface area contributed by atoms with Gasteiger partial charge < -0.3 is 0 Å². The Kier molecular flexibility index (Phi) is 6.24. The highest BCUT2D eigenvalue weighted by atomic mass is 32.1. The lowest BCUT2D eigenvalue weighted by Crippen LogP contribution is -1.71. The molecular weight excluding hydrogens is 152 g/mol. The third-order valence-corrected chi connectivity index (χ3v) is 2.59. The van der Waals surface area contributed by atoms with Crippen LogP contribution in [-0.2, 0) is 12.8 Å². The van der Waals surface area contributed by atoms with Gasteiger partial charge in [0.15, 0.2) is 0 Å². The van der Waals surface area contributed by atoms with E-state index in [0.29, 0.717) is 0 Å². The molecule has 0 radical (unpaired) electrons. The maximum atomic E-state index is 2.30. The van der Waals surface area contributed by atoms with Gasteiger partial charge in [-0.15, -0.1) is 11.3 Å². The largest absolute Gasteiger partial charge is 0.149 e. The molecule has 11 heavy (non-hydrogen) atoms. The van der Waals surface area contributed by atoms with Gasteiger partial charge in [-0.25, -0.2) is 0 Å². The molecule has 64 valence electrons. The van der Waals surface area contributed by atoms with Crippen molar-refractivity contribution in [2.45, 2.75) is 40.5 Å². The monoisotopic (exact) mass is 170 g/mol. The quantitative estimate of drug-likeness (QED) is 0.631. The first kappa shape index (κ1) is 10.7. The molecule has 0 saturated carbocycles. The van der Waals surface area contributed by atoms with Gasteiger partial charge in [-0.3, -0.25) is 0 Å². The fourth-order valence-corrected chi connectivity index (χ4v) is 1.72. The third kappa shape index (κ3) is 3.57. The Bertz CT molecular complexity index is 158. The zero-order valence-corrected chi connectivity index (χ0v) is 8.79. The van der Waals surface area contributed by atoms with Gasteiger partial charge in [-0.05, 0) is 29.9 Å². The standard InChI is InChI=1S/C8H12S.C2H6/c1-3-7-5-8(4-2)9-6-7;1-2/h5-6H,3-4H2,1-2H3;1-2H3. The molecule has 0 unspecified atom stereocenters. The Morgan fingerprint density at radius 3 is 2.09 bits per heavy atom. The SMILES string of the molecule is CC.CCc1csc(CC)c1. The van der Waals surface area contributed by atoms with Crippen LogP contribution >= 0.6 is 11.3 Å². The van der Waals surface area contributed by atoms with E-state index in [0.717, 1.165) is 0 Å². The first-order chi connectivity index (χ1) is 5.36. The van der Waals surface area contributed by atoms with Crippen LogP contribution < -0.4 is 0 Å². The Balaban J connectivity index is 0.000000461. The average molecular weight is 170 g/mol. The molecule has 0 aliphatic rings. The van der Waals surface area contributed by atoms with Crippen molar-refractivity contribution in [3.63, 3.8) is 0 Å². The summed E-state index contributed by atoms with van der Waals surface area (Å²) < 4.78 is 0. The Labute approximate surface area is 74.3 Å². The highest BCUT2D eigenvalue weighted by Crippen LogP contribution is 2.14. The van der Waals surface area contributed by atoms with Gasteiger partial charge in [0.2, 0.25) is 0 Å². The van der Waals surface area contributed by atoms with Crippen molar-refractivity contribution in [1.29, 1.82) is 0 Å². The van der Waals surface area contributed by atoms with Crippen molar-refractivity contribution in [3.8, 4) is 0 Å². The molecule has 0 nitrogen and oxygen atoms in total. The van der Waals surface area contributed by atoms with E-state index in [1.165, 1.54) is 23.3 Å². The Hall–Kier alpha value is -0.300. The number of hydrogen-bond donors (Lipinski definition) is 0. The number of thiophene rings is 1. The molecular formula is C10H18S. The molecule has 1 aromatic heterocycles. The molecule has 0 N–H and O–H groups in total. The van der Waals surface area contributed by atoms with Gasteiger partial charge >= 0.3 is 0 Å². The molecule has 0 bridgehead atoms. The van der Waals surface area contributed by atoms with Crippen LogP contribution in [0, 0.1) is 0 Å². The van der Waals surface area contributed by atoms with Crippen LogP contribution in [-0.4, -0.2) is 0 Å². The van der Waals surface area contributed by atoms with Gasteiger partial charge in [0.25, 0.3) is 0 Å². The summed E-state index contributed by atoms with van der Waals surface area (Å²) in [6.07, 6.45) is 2.36. The maximum Gasteiger partial charge on any atom is 0.00453 e. The molecule has 0 saturated heterocycles. The summed E-state index contributed by atoms with van der Waals surface area (Å²) >= 11 is 1.87. The third-order valence-electron chi connectivity index (χ3n) is 1.46. The second kappa shape index (κ2) is 6.41. The van der Waals surface area contributed by atoms with E-state index in [1.807, 2.05) is 25.2 Å². The number of hydrogen-bond acceptors (Lipinski definition) is 1. The molecule has 1 heteroatoms. The highest BCUT2D eigenvalue weighted by Gasteiger charge is 1.93. The molecule has 0 fully saturated rings. The number of rotatable bonds is 2. The fraction of sp³-hybridized carbons (Fsp3) is 0.600. The van der Waals surface area contributed by atoms with E-state index in [-0.39, 0.29) is 0 Å². The van der Waals surface area contributed by atoms with Gasteiger partial charge in [-0.1, -0.05) is 27.7 Å². The normalized spacial score (nSPS) is 8.73. The second-order valence-electron chi connectivity index (χ2n) is 2.13. The van der Waals surface area contributed by atoms with Crippen LogP contribution in [0.25, 0.3) is 0 Å². The summed E-state index contributed by atoms with van der Waals surface area (Å²) in [5.74, 6) is 0. The summed E-state index contributed by atoms with van der Waals surface area (Å²) in [7, 11) is 0. The van der Waals surface area contributed by atoms with Crippen molar-refractivity contribution in [3.05, 3.63) is 21.9 Å². The van der Waals surface area contributed by atoms with Crippen molar-refractivity contribution in [2.75, 3.05) is 0 Å². The minimum absolute atomic E-state index is 1.18. The lowest BCUT2D eigenvalue weighted by Gasteiger charge is -1.83. The molecule has 0 aliphatic carbocycles. The van der Waals surface area contributed by atoms with Crippen LogP contribution in [0.4, 0.5) is 0 Å². The molecule has 0 aliphatic heterocycles. The van der Waals surface area contributed by atoms with Crippen molar-refractivity contribution < 1.29 is 0 Å². The predicted molar refractivity (Wildman–Crippen MR) is 54.4 cm³/mol. The topological polar surface area (TPSA) is 0 Å². The summed E-state index contributed by atoms with van der Waals surface area (Å²) in [5, 5.41) is 2.25. The number of aryl methyl sites for hydroxylation is 2.